The van der Waals surface area contributed by atoms with Crippen LogP contribution in [-0.2, 0) is 27.3 Å². The summed E-state index contributed by atoms with van der Waals surface area (Å²) in [6.07, 6.45) is 2.08. The van der Waals surface area contributed by atoms with Crippen molar-refractivity contribution in [3.8, 4) is 5.75 Å². The molecule has 1 atom stereocenters. The fourth-order valence-electron chi connectivity index (χ4n) is 2.71. The fourth-order valence-corrected chi connectivity index (χ4v) is 3.41. The zero-order valence-electron chi connectivity index (χ0n) is 15.9. The van der Waals surface area contributed by atoms with Crippen molar-refractivity contribution in [1.82, 2.24) is 9.78 Å². The van der Waals surface area contributed by atoms with Crippen LogP contribution in [0.25, 0.3) is 0 Å². The predicted octanol–water partition coefficient (Wildman–Crippen LogP) is 3.05. The number of aliphatic imine (C=N–C) groups is 1. The molecule has 0 saturated heterocycles. The van der Waals surface area contributed by atoms with Crippen molar-refractivity contribution >= 4 is 36.9 Å². The van der Waals surface area contributed by atoms with Crippen LogP contribution >= 0.6 is 10.7 Å². The van der Waals surface area contributed by atoms with E-state index in [-0.39, 0.29) is 0 Å². The monoisotopic (exact) mass is 426 g/mol. The average molecular weight is 427 g/mol. The summed E-state index contributed by atoms with van der Waals surface area (Å²) in [4.78, 5) is 14.9. The first-order chi connectivity index (χ1) is 13.3. The van der Waals surface area contributed by atoms with Gasteiger partial charge in [0.05, 0.1) is 23.7 Å². The Labute approximate surface area is 169 Å². The Morgan fingerprint density at radius 3 is 2.50 bits per heavy atom. The molecule has 3 rings (SSSR count). The van der Waals surface area contributed by atoms with Gasteiger partial charge in [0, 0.05) is 17.7 Å². The van der Waals surface area contributed by atoms with E-state index in [1.807, 2.05) is 44.2 Å². The summed E-state index contributed by atoms with van der Waals surface area (Å²) in [6, 6.07) is 8.88. The number of hydrogen-bond acceptors (Lipinski definition) is 7. The number of halogens is 1. The van der Waals surface area contributed by atoms with Gasteiger partial charge in [0.25, 0.3) is 9.05 Å². The maximum Gasteiger partial charge on any atom is 0.294 e. The summed E-state index contributed by atoms with van der Waals surface area (Å²) in [5.74, 6) is 0.944. The van der Waals surface area contributed by atoms with Crippen LogP contribution in [0.4, 0.5) is 5.69 Å². The fraction of sp³-hybridized carbons (Fsp3) is 0.389. The lowest BCUT2D eigenvalue weighted by atomic mass is 10.1. The van der Waals surface area contributed by atoms with Crippen LogP contribution in [0.3, 0.4) is 0 Å². The number of carbonyl (C=O) groups excluding carboxylic acids is 1. The normalized spacial score (nSPS) is 15.4. The molecular weight excluding hydrogens is 404 g/mol. The number of aldehydes is 1. The SMILES string of the molecule is CCCc1nn(C)c2c1NC(S(=O)(=O)Cl)=NC2C=O.CCOc1ccccc1. The molecule has 1 N–H and O–H groups in total. The number of amidine groups is 1. The van der Waals surface area contributed by atoms with Gasteiger partial charge < -0.3 is 14.8 Å². The van der Waals surface area contributed by atoms with Crippen molar-refractivity contribution in [3.63, 3.8) is 0 Å². The van der Waals surface area contributed by atoms with Gasteiger partial charge in [0.15, 0.2) is 12.3 Å². The second-order valence-electron chi connectivity index (χ2n) is 5.90. The third-order valence-corrected chi connectivity index (χ3v) is 4.94. The lowest BCUT2D eigenvalue weighted by Gasteiger charge is -2.18. The van der Waals surface area contributed by atoms with Gasteiger partial charge in [0.1, 0.15) is 5.75 Å². The van der Waals surface area contributed by atoms with E-state index in [2.05, 4.69) is 15.4 Å². The number of benzene rings is 1. The Bertz CT molecular complexity index is 942. The quantitative estimate of drug-likeness (QED) is 0.582. The molecule has 8 nitrogen and oxygen atoms in total. The molecule has 1 aromatic carbocycles. The molecule has 2 aromatic rings. The van der Waals surface area contributed by atoms with Crippen LogP contribution in [-0.4, -0.2) is 36.3 Å². The third kappa shape index (κ3) is 5.32. The maximum absolute atomic E-state index is 11.4. The van der Waals surface area contributed by atoms with Crippen molar-refractivity contribution in [3.05, 3.63) is 41.7 Å². The number of ether oxygens (including phenoxy) is 1. The van der Waals surface area contributed by atoms with E-state index < -0.39 is 20.3 Å². The third-order valence-electron chi connectivity index (χ3n) is 3.83. The minimum Gasteiger partial charge on any atom is -0.494 e. The van der Waals surface area contributed by atoms with E-state index >= 15 is 0 Å². The number of nitrogens with zero attached hydrogens (tertiary/aromatic N) is 3. The molecule has 1 unspecified atom stereocenters. The van der Waals surface area contributed by atoms with E-state index in [9.17, 15) is 13.2 Å². The summed E-state index contributed by atoms with van der Waals surface area (Å²) in [5.41, 5.74) is 1.75. The molecule has 1 aromatic heterocycles. The van der Waals surface area contributed by atoms with Crippen molar-refractivity contribution in [1.29, 1.82) is 0 Å². The van der Waals surface area contributed by atoms with E-state index in [1.165, 1.54) is 4.68 Å². The molecule has 1 aliphatic rings. The lowest BCUT2D eigenvalue weighted by Crippen LogP contribution is -2.26. The largest absolute Gasteiger partial charge is 0.494 e. The number of carbonyl (C=O) groups is 1. The van der Waals surface area contributed by atoms with Crippen LogP contribution < -0.4 is 10.1 Å². The average Bonchev–Trinajstić information content (AvgIpc) is 2.98. The molecule has 152 valence electrons. The lowest BCUT2D eigenvalue weighted by molar-refractivity contribution is -0.109. The number of hydrogen-bond donors (Lipinski definition) is 1. The highest BCUT2D eigenvalue weighted by Gasteiger charge is 2.32. The molecule has 28 heavy (non-hydrogen) atoms. The molecule has 1 aliphatic heterocycles. The van der Waals surface area contributed by atoms with E-state index in [0.717, 1.165) is 18.8 Å². The topological polar surface area (TPSA) is 103 Å². The number of rotatable bonds is 5. The Balaban J connectivity index is 0.000000261. The van der Waals surface area contributed by atoms with Gasteiger partial charge in [-0.25, -0.2) is 13.4 Å². The number of anilines is 1. The molecule has 0 saturated carbocycles. The molecule has 0 radical (unpaired) electrons. The zero-order valence-corrected chi connectivity index (χ0v) is 17.5. The molecular formula is C18H23ClN4O4S. The van der Waals surface area contributed by atoms with Gasteiger partial charge >= 0.3 is 0 Å². The second-order valence-corrected chi connectivity index (χ2v) is 8.39. The van der Waals surface area contributed by atoms with Gasteiger partial charge in [-0.15, -0.1) is 0 Å². The van der Waals surface area contributed by atoms with Crippen LogP contribution in [0.5, 0.6) is 5.75 Å². The highest BCUT2D eigenvalue weighted by atomic mass is 35.7. The highest BCUT2D eigenvalue weighted by molar-refractivity contribution is 8.25. The van der Waals surface area contributed by atoms with Crippen molar-refractivity contribution < 1.29 is 17.9 Å². The Kier molecular flexibility index (Phi) is 7.59. The molecule has 0 amide bonds. The minimum absolute atomic E-state index is 0.413. The second kappa shape index (κ2) is 9.70. The Morgan fingerprint density at radius 1 is 1.29 bits per heavy atom. The van der Waals surface area contributed by atoms with Gasteiger partial charge in [-0.05, 0) is 25.5 Å². The maximum atomic E-state index is 11.4. The number of aromatic nitrogens is 2. The van der Waals surface area contributed by atoms with E-state index in [0.29, 0.717) is 29.8 Å². The molecule has 0 spiro atoms. The number of para-hydroxylation sites is 1. The first kappa shape index (κ1) is 21.9. The van der Waals surface area contributed by atoms with Gasteiger partial charge in [-0.2, -0.15) is 5.10 Å². The molecule has 0 aliphatic carbocycles. The van der Waals surface area contributed by atoms with Gasteiger partial charge in [-0.3, -0.25) is 4.68 Å². The first-order valence-electron chi connectivity index (χ1n) is 8.80. The molecule has 2 heterocycles. The van der Waals surface area contributed by atoms with Crippen LogP contribution in [0.1, 0.15) is 37.7 Å². The summed E-state index contributed by atoms with van der Waals surface area (Å²) in [5, 5.41) is 6.53. The predicted molar refractivity (Wildman–Crippen MR) is 109 cm³/mol. The first-order valence-corrected chi connectivity index (χ1v) is 11.1. The smallest absolute Gasteiger partial charge is 0.294 e. The Morgan fingerprint density at radius 2 is 1.96 bits per heavy atom. The van der Waals surface area contributed by atoms with E-state index in [4.69, 9.17) is 15.4 Å². The minimum atomic E-state index is -4.02. The van der Waals surface area contributed by atoms with Gasteiger partial charge in [-0.1, -0.05) is 31.5 Å². The summed E-state index contributed by atoms with van der Waals surface area (Å²) < 4.78 is 29.5. The van der Waals surface area contributed by atoms with E-state index in [1.54, 1.807) is 7.05 Å². The van der Waals surface area contributed by atoms with Crippen LogP contribution in [0, 0.1) is 0 Å². The molecule has 0 bridgehead atoms. The highest BCUT2D eigenvalue weighted by Crippen LogP contribution is 2.33. The summed E-state index contributed by atoms with van der Waals surface area (Å²) >= 11 is 0. The molecule has 0 fully saturated rings. The van der Waals surface area contributed by atoms with Crippen LogP contribution in [0.2, 0.25) is 0 Å². The standard InChI is InChI=1S/C10H13ClN4O3S.C8H10O/c1-3-4-6-8-9(15(2)14-6)7(5-16)12-10(13-8)19(11,17)18;1-2-9-8-6-4-3-5-7-8/h5,7H,3-4H2,1-2H3,(H,12,13);3-7H,2H2,1H3. The number of nitrogens with one attached hydrogen (secondary N) is 1. The van der Waals surface area contributed by atoms with Crippen molar-refractivity contribution in [2.75, 3.05) is 11.9 Å². The summed E-state index contributed by atoms with van der Waals surface area (Å²) in [6.45, 7) is 4.70. The van der Waals surface area contributed by atoms with Crippen LogP contribution in [0.15, 0.2) is 35.3 Å². The zero-order chi connectivity index (χ0) is 20.7. The number of aryl methyl sites for hydroxylation is 2. The van der Waals surface area contributed by atoms with Crippen molar-refractivity contribution in [2.45, 2.75) is 32.7 Å². The summed E-state index contributed by atoms with van der Waals surface area (Å²) in [7, 11) is 2.94. The molecule has 10 heteroatoms. The van der Waals surface area contributed by atoms with Crippen molar-refractivity contribution in [2.24, 2.45) is 12.0 Å². The Hall–Kier alpha value is -2.39. The van der Waals surface area contributed by atoms with Gasteiger partial charge in [0.2, 0.25) is 5.17 Å². The number of fused-ring (bicyclic) bond motifs is 1.